The van der Waals surface area contributed by atoms with Gasteiger partial charge in [0.15, 0.2) is 5.66 Å². The molecule has 21 heavy (non-hydrogen) atoms. The van der Waals surface area contributed by atoms with Gasteiger partial charge in [-0.05, 0) is 31.5 Å². The first-order chi connectivity index (χ1) is 10.0. The molecule has 1 aromatic rings. The van der Waals surface area contributed by atoms with Gasteiger partial charge in [0.25, 0.3) is 0 Å². The zero-order valence-electron chi connectivity index (χ0n) is 12.7. The average molecular weight is 316 g/mol. The van der Waals surface area contributed by atoms with Crippen molar-refractivity contribution in [2.75, 3.05) is 27.4 Å². The summed E-state index contributed by atoms with van der Waals surface area (Å²) in [5.74, 6) is -0.0320. The van der Waals surface area contributed by atoms with Crippen molar-refractivity contribution in [3.63, 3.8) is 0 Å². The fraction of sp³-hybridized carbons (Fsp3) is 0.500. The molecule has 7 heteroatoms. The summed E-state index contributed by atoms with van der Waals surface area (Å²) in [7, 11) is -0.886. The first-order valence-electron chi connectivity index (χ1n) is 6.63. The van der Waals surface area contributed by atoms with E-state index in [1.165, 1.54) is 14.2 Å². The molecule has 1 atom stereocenters. The quantitative estimate of drug-likeness (QED) is 0.542. The lowest BCUT2D eigenvalue weighted by molar-refractivity contribution is -0.140. The number of hydrogen-bond donors (Lipinski definition) is 0. The molecule has 0 radical (unpaired) electrons. The molecule has 1 rings (SSSR count). The number of esters is 1. The minimum absolute atomic E-state index is 0.168. The molecule has 0 bridgehead atoms. The van der Waals surface area contributed by atoms with Crippen LogP contribution in [-0.4, -0.2) is 33.4 Å². The molecular formula is C14H21O6P. The highest BCUT2D eigenvalue weighted by atomic mass is 31.2. The number of carbonyl (C=O) groups excluding carboxylic acids is 1. The second-order valence-corrected chi connectivity index (χ2v) is 6.19. The molecule has 0 saturated carbocycles. The summed E-state index contributed by atoms with van der Waals surface area (Å²) in [4.78, 5) is 12.1. The topological polar surface area (TPSA) is 71.1 Å². The summed E-state index contributed by atoms with van der Waals surface area (Å²) in [5, 5.41) is 0. The third kappa shape index (κ3) is 4.30. The highest BCUT2D eigenvalue weighted by molar-refractivity contribution is 7.55. The number of benzene rings is 1. The van der Waals surface area contributed by atoms with E-state index < -0.39 is 19.2 Å². The van der Waals surface area contributed by atoms with Gasteiger partial charge >= 0.3 is 13.6 Å². The maximum Gasteiger partial charge on any atom is 0.349 e. The van der Waals surface area contributed by atoms with Crippen LogP contribution in [0.1, 0.15) is 25.1 Å². The fourth-order valence-electron chi connectivity index (χ4n) is 1.89. The zero-order chi connectivity index (χ0) is 15.9. The van der Waals surface area contributed by atoms with Gasteiger partial charge in [0.05, 0.1) is 27.4 Å². The molecular weight excluding hydrogens is 295 g/mol. The minimum Gasteiger partial charge on any atom is -0.497 e. The van der Waals surface area contributed by atoms with Gasteiger partial charge in [-0.15, -0.1) is 0 Å². The van der Waals surface area contributed by atoms with E-state index in [0.29, 0.717) is 11.3 Å². The van der Waals surface area contributed by atoms with Crippen LogP contribution >= 0.6 is 7.60 Å². The molecule has 0 spiro atoms. The van der Waals surface area contributed by atoms with Gasteiger partial charge in [0.2, 0.25) is 0 Å². The van der Waals surface area contributed by atoms with Crippen LogP contribution in [0.25, 0.3) is 0 Å². The van der Waals surface area contributed by atoms with Gasteiger partial charge in [-0.25, -0.2) is 0 Å². The predicted molar refractivity (Wildman–Crippen MR) is 78.6 cm³/mol. The summed E-state index contributed by atoms with van der Waals surface area (Å²) >= 11 is 0. The summed E-state index contributed by atoms with van der Waals surface area (Å²) in [5.41, 5.74) is -0.624. The lowest BCUT2D eigenvalue weighted by atomic mass is 10.1. The van der Waals surface area contributed by atoms with Crippen LogP contribution < -0.4 is 4.74 Å². The van der Waals surface area contributed by atoms with Gasteiger partial charge in [0.1, 0.15) is 5.75 Å². The zero-order valence-corrected chi connectivity index (χ0v) is 13.6. The summed E-state index contributed by atoms with van der Waals surface area (Å²) < 4.78 is 33.3. The molecule has 1 aromatic carbocycles. The Hall–Kier alpha value is -1.36. The Labute approximate surface area is 124 Å². The average Bonchev–Trinajstić information content (AvgIpc) is 2.48. The Morgan fingerprint density at radius 2 is 1.62 bits per heavy atom. The van der Waals surface area contributed by atoms with Crippen molar-refractivity contribution < 1.29 is 27.9 Å². The molecule has 0 N–H and O–H groups in total. The monoisotopic (exact) mass is 316 g/mol. The van der Waals surface area contributed by atoms with Gasteiger partial charge in [-0.2, -0.15) is 0 Å². The second kappa shape index (κ2) is 8.17. The van der Waals surface area contributed by atoms with Crippen LogP contribution in [0, 0.1) is 0 Å². The predicted octanol–water partition coefficient (Wildman–Crippen LogP) is 3.18. The Kier molecular flexibility index (Phi) is 6.89. The van der Waals surface area contributed by atoms with E-state index in [0.717, 1.165) is 0 Å². The molecule has 0 aliphatic heterocycles. The lowest BCUT2D eigenvalue weighted by Gasteiger charge is -2.24. The lowest BCUT2D eigenvalue weighted by Crippen LogP contribution is -2.17. The fourth-order valence-corrected chi connectivity index (χ4v) is 3.89. The molecule has 0 saturated heterocycles. The van der Waals surface area contributed by atoms with Crippen molar-refractivity contribution in [3.8, 4) is 5.75 Å². The van der Waals surface area contributed by atoms with Gasteiger partial charge in [-0.3, -0.25) is 9.36 Å². The summed E-state index contributed by atoms with van der Waals surface area (Å²) in [6, 6.07) is 6.64. The Balaban J connectivity index is 3.25. The number of ether oxygens (including phenoxy) is 2. The standard InChI is InChI=1S/C14H21O6P/c1-5-19-21(16,20-6-2)13(14(15)18-4)11-7-9-12(17-3)10-8-11/h7-10,13H,5-6H2,1-4H3. The number of rotatable bonds is 8. The van der Waals surface area contributed by atoms with E-state index in [1.807, 2.05) is 0 Å². The third-order valence-corrected chi connectivity index (χ3v) is 5.17. The highest BCUT2D eigenvalue weighted by Crippen LogP contribution is 2.61. The molecule has 118 valence electrons. The second-order valence-electron chi connectivity index (χ2n) is 4.07. The Morgan fingerprint density at radius 1 is 1.10 bits per heavy atom. The number of methoxy groups -OCH3 is 2. The minimum atomic E-state index is -3.66. The summed E-state index contributed by atoms with van der Waals surface area (Å²) in [6.07, 6.45) is 0. The maximum atomic E-state index is 12.9. The smallest absolute Gasteiger partial charge is 0.349 e. The largest absolute Gasteiger partial charge is 0.497 e. The van der Waals surface area contributed by atoms with Crippen molar-refractivity contribution >= 4 is 13.6 Å². The molecule has 0 amide bonds. The van der Waals surface area contributed by atoms with E-state index >= 15 is 0 Å². The van der Waals surface area contributed by atoms with Gasteiger partial charge in [0, 0.05) is 0 Å². The third-order valence-electron chi connectivity index (χ3n) is 2.79. The SMILES string of the molecule is CCOP(=O)(OCC)C(C(=O)OC)c1ccc(OC)cc1. The maximum absolute atomic E-state index is 12.9. The van der Waals surface area contributed by atoms with Crippen LogP contribution in [0.3, 0.4) is 0 Å². The first-order valence-corrected chi connectivity index (χ1v) is 8.24. The number of hydrogen-bond acceptors (Lipinski definition) is 6. The van der Waals surface area contributed by atoms with Crippen molar-refractivity contribution in [3.05, 3.63) is 29.8 Å². The van der Waals surface area contributed by atoms with Gasteiger partial charge in [-0.1, -0.05) is 12.1 Å². The van der Waals surface area contributed by atoms with E-state index in [2.05, 4.69) is 0 Å². The Bertz CT molecular complexity index is 489. The molecule has 0 aliphatic rings. The van der Waals surface area contributed by atoms with E-state index in [1.54, 1.807) is 38.1 Å². The molecule has 0 aromatic heterocycles. The van der Waals surface area contributed by atoms with Gasteiger partial charge < -0.3 is 18.5 Å². The molecule has 0 fully saturated rings. The molecule has 6 nitrogen and oxygen atoms in total. The van der Waals surface area contributed by atoms with E-state index in [4.69, 9.17) is 18.5 Å². The van der Waals surface area contributed by atoms with E-state index in [9.17, 15) is 9.36 Å². The normalized spacial score (nSPS) is 12.8. The highest BCUT2D eigenvalue weighted by Gasteiger charge is 2.43. The van der Waals surface area contributed by atoms with Crippen LogP contribution in [0.2, 0.25) is 0 Å². The summed E-state index contributed by atoms with van der Waals surface area (Å²) in [6.45, 7) is 3.71. The van der Waals surface area contributed by atoms with Crippen molar-refractivity contribution in [2.24, 2.45) is 0 Å². The van der Waals surface area contributed by atoms with Crippen molar-refractivity contribution in [1.29, 1.82) is 0 Å². The van der Waals surface area contributed by atoms with Crippen LogP contribution in [0.5, 0.6) is 5.75 Å². The molecule has 0 heterocycles. The number of carbonyl (C=O) groups is 1. The van der Waals surface area contributed by atoms with Crippen LogP contribution in [0.4, 0.5) is 0 Å². The van der Waals surface area contributed by atoms with Crippen molar-refractivity contribution in [2.45, 2.75) is 19.5 Å². The first kappa shape index (κ1) is 17.7. The van der Waals surface area contributed by atoms with Crippen molar-refractivity contribution in [1.82, 2.24) is 0 Å². The van der Waals surface area contributed by atoms with E-state index in [-0.39, 0.29) is 13.2 Å². The van der Waals surface area contributed by atoms with Crippen LogP contribution in [-0.2, 0) is 23.1 Å². The Morgan fingerprint density at radius 3 is 2.00 bits per heavy atom. The molecule has 1 unspecified atom stereocenters. The molecule has 0 aliphatic carbocycles. The van der Waals surface area contributed by atoms with Crippen LogP contribution in [0.15, 0.2) is 24.3 Å².